The average molecular weight is 399 g/mol. The van der Waals surface area contributed by atoms with Gasteiger partial charge in [-0.3, -0.25) is 14.5 Å². The second-order valence-electron chi connectivity index (χ2n) is 8.18. The van der Waals surface area contributed by atoms with Crippen molar-refractivity contribution in [2.75, 3.05) is 29.9 Å². The predicted octanol–water partition coefficient (Wildman–Crippen LogP) is 4.04. The van der Waals surface area contributed by atoms with Gasteiger partial charge in [-0.25, -0.2) is 0 Å². The van der Waals surface area contributed by atoms with Gasteiger partial charge in [-0.15, -0.1) is 0 Å². The van der Waals surface area contributed by atoms with Crippen LogP contribution in [0.5, 0.6) is 0 Å². The van der Waals surface area contributed by atoms with Gasteiger partial charge in [0.05, 0.1) is 11.4 Å². The maximum absolute atomic E-state index is 13.2. The van der Waals surface area contributed by atoms with E-state index in [1.54, 1.807) is 4.90 Å². The molecule has 5 rings (SSSR count). The fraction of sp³-hybridized carbons (Fsp3) is 0.280. The summed E-state index contributed by atoms with van der Waals surface area (Å²) in [6.45, 7) is 2.78. The van der Waals surface area contributed by atoms with Crippen molar-refractivity contribution in [3.8, 4) is 0 Å². The molecule has 0 unspecified atom stereocenters. The first-order valence-corrected chi connectivity index (χ1v) is 10.6. The van der Waals surface area contributed by atoms with Crippen molar-refractivity contribution < 1.29 is 9.59 Å². The molecule has 2 heterocycles. The Labute approximate surface area is 176 Å². The van der Waals surface area contributed by atoms with Crippen LogP contribution in [0.3, 0.4) is 0 Å². The molecule has 3 aromatic rings. The molecule has 0 radical (unpaired) electrons. The van der Waals surface area contributed by atoms with Gasteiger partial charge < -0.3 is 10.2 Å². The van der Waals surface area contributed by atoms with Crippen LogP contribution >= 0.6 is 0 Å². The summed E-state index contributed by atoms with van der Waals surface area (Å²) < 4.78 is 0. The molecule has 0 bridgehead atoms. The van der Waals surface area contributed by atoms with Crippen molar-refractivity contribution in [1.29, 1.82) is 0 Å². The summed E-state index contributed by atoms with van der Waals surface area (Å²) in [6, 6.07) is 22.5. The highest BCUT2D eigenvalue weighted by atomic mass is 16.2. The number of benzene rings is 3. The first kappa shape index (κ1) is 18.8. The Balaban J connectivity index is 1.26. The zero-order chi connectivity index (χ0) is 20.5. The van der Waals surface area contributed by atoms with Gasteiger partial charge in [0.15, 0.2) is 0 Å². The van der Waals surface area contributed by atoms with Gasteiger partial charge in [-0.1, -0.05) is 54.6 Å². The second kappa shape index (κ2) is 7.92. The number of likely N-dealkylation sites (tertiary alicyclic amines) is 1. The lowest BCUT2D eigenvalue weighted by Crippen LogP contribution is -2.47. The number of carbonyl (C=O) groups is 2. The molecule has 3 aromatic carbocycles. The van der Waals surface area contributed by atoms with E-state index in [9.17, 15) is 9.59 Å². The molecule has 5 heteroatoms. The molecule has 0 aromatic heterocycles. The Morgan fingerprint density at radius 2 is 1.67 bits per heavy atom. The van der Waals surface area contributed by atoms with Crippen LogP contribution in [0.25, 0.3) is 10.8 Å². The van der Waals surface area contributed by atoms with Gasteiger partial charge in [-0.2, -0.15) is 0 Å². The van der Waals surface area contributed by atoms with Crippen molar-refractivity contribution in [3.63, 3.8) is 0 Å². The highest BCUT2D eigenvalue weighted by Gasteiger charge is 2.33. The largest absolute Gasteiger partial charge is 0.323 e. The van der Waals surface area contributed by atoms with Gasteiger partial charge in [0.1, 0.15) is 6.54 Å². The lowest BCUT2D eigenvalue weighted by atomic mass is 9.94. The van der Waals surface area contributed by atoms with Crippen LogP contribution in [0.4, 0.5) is 11.4 Å². The number of nitrogens with one attached hydrogen (secondary N) is 1. The fourth-order valence-electron chi connectivity index (χ4n) is 4.66. The highest BCUT2D eigenvalue weighted by molar-refractivity contribution is 6.10. The maximum atomic E-state index is 13.2. The molecule has 1 fully saturated rings. The molecule has 0 saturated carbocycles. The van der Waals surface area contributed by atoms with Crippen LogP contribution in [0.1, 0.15) is 18.4 Å². The van der Waals surface area contributed by atoms with Crippen molar-refractivity contribution in [2.24, 2.45) is 5.92 Å². The van der Waals surface area contributed by atoms with Gasteiger partial charge in [0.2, 0.25) is 11.8 Å². The molecule has 0 spiro atoms. The molecule has 0 atom stereocenters. The van der Waals surface area contributed by atoms with Crippen LogP contribution in [-0.4, -0.2) is 36.3 Å². The quantitative estimate of drug-likeness (QED) is 0.723. The smallest absolute Gasteiger partial charge is 0.244 e. The van der Waals surface area contributed by atoms with Crippen molar-refractivity contribution in [1.82, 2.24) is 4.90 Å². The van der Waals surface area contributed by atoms with Gasteiger partial charge in [-0.05, 0) is 54.4 Å². The van der Waals surface area contributed by atoms with Crippen LogP contribution in [0.15, 0.2) is 66.7 Å². The number of amides is 2. The molecule has 1 saturated heterocycles. The summed E-state index contributed by atoms with van der Waals surface area (Å²) in [4.78, 5) is 29.4. The van der Waals surface area contributed by atoms with E-state index >= 15 is 0 Å². The van der Waals surface area contributed by atoms with Crippen LogP contribution in [0, 0.1) is 5.92 Å². The fourth-order valence-corrected chi connectivity index (χ4v) is 4.66. The maximum Gasteiger partial charge on any atom is 0.244 e. The third-order valence-corrected chi connectivity index (χ3v) is 6.25. The lowest BCUT2D eigenvalue weighted by molar-refractivity contribution is -0.125. The number of rotatable bonds is 3. The number of para-hydroxylation sites is 2. The number of hydrogen-bond acceptors (Lipinski definition) is 3. The van der Waals surface area contributed by atoms with E-state index in [0.717, 1.165) is 43.9 Å². The van der Waals surface area contributed by atoms with E-state index in [1.165, 1.54) is 16.3 Å². The highest BCUT2D eigenvalue weighted by Crippen LogP contribution is 2.32. The molecule has 1 N–H and O–H groups in total. The number of carbonyl (C=O) groups excluding carboxylic acids is 2. The third-order valence-electron chi connectivity index (χ3n) is 6.25. The van der Waals surface area contributed by atoms with E-state index in [1.807, 2.05) is 24.3 Å². The topological polar surface area (TPSA) is 52.7 Å². The Bertz CT molecular complexity index is 1100. The molecule has 30 heavy (non-hydrogen) atoms. The third kappa shape index (κ3) is 3.57. The van der Waals surface area contributed by atoms with Crippen molar-refractivity contribution in [2.45, 2.75) is 19.4 Å². The minimum atomic E-state index is -0.129. The number of hydrogen-bond donors (Lipinski definition) is 1. The molecule has 5 nitrogen and oxygen atoms in total. The van der Waals surface area contributed by atoms with E-state index in [-0.39, 0.29) is 24.3 Å². The van der Waals surface area contributed by atoms with E-state index in [2.05, 4.69) is 52.7 Å². The monoisotopic (exact) mass is 399 g/mol. The summed E-state index contributed by atoms with van der Waals surface area (Å²) in [5.74, 6) is -0.0923. The second-order valence-corrected chi connectivity index (χ2v) is 8.18. The molecule has 152 valence electrons. The first-order chi connectivity index (χ1) is 14.7. The number of fused-ring (bicyclic) bond motifs is 2. The Hall–Kier alpha value is -3.18. The summed E-state index contributed by atoms with van der Waals surface area (Å²) >= 11 is 0. The predicted molar refractivity (Wildman–Crippen MR) is 119 cm³/mol. The molecule has 2 amide bonds. The molecular formula is C25H25N3O2. The van der Waals surface area contributed by atoms with E-state index in [4.69, 9.17) is 0 Å². The number of nitrogens with zero attached hydrogens (tertiary/aromatic N) is 2. The summed E-state index contributed by atoms with van der Waals surface area (Å²) in [6.07, 6.45) is 1.65. The number of piperidine rings is 1. The minimum Gasteiger partial charge on any atom is -0.323 e. The molecule has 2 aliphatic heterocycles. The Morgan fingerprint density at radius 3 is 2.53 bits per heavy atom. The van der Waals surface area contributed by atoms with E-state index < -0.39 is 0 Å². The standard InChI is InChI=1S/C25H25N3O2/c29-24-17-28(23-11-4-3-10-22(23)26-24)25(30)19-12-14-27(15-13-19)16-20-8-5-7-18-6-1-2-9-21(18)20/h1-11,19H,12-17H2,(H,26,29). The average Bonchev–Trinajstić information content (AvgIpc) is 2.79. The van der Waals surface area contributed by atoms with Gasteiger partial charge in [0.25, 0.3) is 0 Å². The zero-order valence-electron chi connectivity index (χ0n) is 16.9. The summed E-state index contributed by atoms with van der Waals surface area (Å²) in [5, 5.41) is 5.42. The van der Waals surface area contributed by atoms with Crippen LogP contribution in [-0.2, 0) is 16.1 Å². The van der Waals surface area contributed by atoms with Crippen molar-refractivity contribution >= 4 is 34.0 Å². The Morgan fingerprint density at radius 1 is 0.933 bits per heavy atom. The molecule has 0 aliphatic carbocycles. The zero-order valence-corrected chi connectivity index (χ0v) is 16.9. The van der Waals surface area contributed by atoms with Crippen molar-refractivity contribution in [3.05, 3.63) is 72.3 Å². The molecular weight excluding hydrogens is 374 g/mol. The lowest BCUT2D eigenvalue weighted by Gasteiger charge is -2.36. The van der Waals surface area contributed by atoms with Gasteiger partial charge >= 0.3 is 0 Å². The van der Waals surface area contributed by atoms with Crippen LogP contribution in [0.2, 0.25) is 0 Å². The SMILES string of the molecule is O=C1CN(C(=O)C2CCN(Cc3cccc4ccccc34)CC2)c2ccccc2N1. The normalized spacial score (nSPS) is 17.6. The Kier molecular flexibility index (Phi) is 4.97. The first-order valence-electron chi connectivity index (χ1n) is 10.6. The van der Waals surface area contributed by atoms with E-state index in [0.29, 0.717) is 0 Å². The van der Waals surface area contributed by atoms with Gasteiger partial charge in [0, 0.05) is 12.5 Å². The van der Waals surface area contributed by atoms with Crippen LogP contribution < -0.4 is 10.2 Å². The summed E-state index contributed by atoms with van der Waals surface area (Å²) in [7, 11) is 0. The minimum absolute atomic E-state index is 0.0345. The molecule has 2 aliphatic rings. The summed E-state index contributed by atoms with van der Waals surface area (Å²) in [5.41, 5.74) is 2.86. The number of anilines is 2.